The van der Waals surface area contributed by atoms with Crippen molar-refractivity contribution in [2.75, 3.05) is 47.5 Å². The van der Waals surface area contributed by atoms with Crippen molar-refractivity contribution in [2.45, 2.75) is 142 Å². The van der Waals surface area contributed by atoms with Gasteiger partial charge in [-0.05, 0) is 51.4 Å². The van der Waals surface area contributed by atoms with Crippen LogP contribution in [0.1, 0.15) is 136 Å². The van der Waals surface area contributed by atoms with Crippen molar-refractivity contribution in [3.8, 4) is 0 Å². The van der Waals surface area contributed by atoms with E-state index >= 15 is 0 Å². The third-order valence-corrected chi connectivity index (χ3v) is 8.57. The molecule has 0 aromatic heterocycles. The van der Waals surface area contributed by atoms with Crippen LogP contribution in [0.3, 0.4) is 0 Å². The van der Waals surface area contributed by atoms with E-state index in [1.165, 1.54) is 51.4 Å². The summed E-state index contributed by atoms with van der Waals surface area (Å²) < 4.78 is 33.6. The number of esters is 2. The normalized spacial score (nSPS) is 14.3. The van der Waals surface area contributed by atoms with E-state index in [1.54, 1.807) is 0 Å². The zero-order valence-corrected chi connectivity index (χ0v) is 32.5. The molecule has 0 aliphatic heterocycles. The van der Waals surface area contributed by atoms with Gasteiger partial charge in [0.1, 0.15) is 19.8 Å². The number of quaternary nitrogens is 1. The SMILES string of the molecule is CCCCC/C=C/C/C=C/C/C=C/C/C=C/CCCC(=O)OC[C@@H](COP(=O)([O-])OCC[N+](C)(C)C)OC(=O)CCCCCCCCCC. The molecule has 0 heterocycles. The minimum Gasteiger partial charge on any atom is -0.756 e. The van der Waals surface area contributed by atoms with E-state index in [9.17, 15) is 19.0 Å². The quantitative estimate of drug-likeness (QED) is 0.0218. The second-order valence-electron chi connectivity index (χ2n) is 13.6. The fourth-order valence-corrected chi connectivity index (χ4v) is 5.31. The number of phosphoric acid groups is 1. The Morgan fingerprint density at radius 2 is 1.12 bits per heavy atom. The number of phosphoric ester groups is 1. The molecule has 10 heteroatoms. The molecule has 0 N–H and O–H groups in total. The largest absolute Gasteiger partial charge is 0.756 e. The molecule has 284 valence electrons. The Balaban J connectivity index is 4.49. The highest BCUT2D eigenvalue weighted by atomic mass is 31.2. The Hall–Kier alpha value is -2.03. The highest BCUT2D eigenvalue weighted by Crippen LogP contribution is 2.38. The summed E-state index contributed by atoms with van der Waals surface area (Å²) in [4.78, 5) is 37.2. The van der Waals surface area contributed by atoms with Gasteiger partial charge in [-0.3, -0.25) is 14.2 Å². The average Bonchev–Trinajstić information content (AvgIpc) is 3.04. The van der Waals surface area contributed by atoms with Crippen LogP contribution in [0.2, 0.25) is 0 Å². The molecule has 0 aliphatic carbocycles. The molecular formula is C39H70NO8P. The van der Waals surface area contributed by atoms with Crippen molar-refractivity contribution in [3.05, 3.63) is 48.6 Å². The molecular weight excluding hydrogens is 641 g/mol. The maximum Gasteiger partial charge on any atom is 0.306 e. The number of rotatable bonds is 33. The van der Waals surface area contributed by atoms with Gasteiger partial charge in [-0.2, -0.15) is 0 Å². The van der Waals surface area contributed by atoms with Gasteiger partial charge in [-0.15, -0.1) is 0 Å². The summed E-state index contributed by atoms with van der Waals surface area (Å²) in [5, 5.41) is 0. The molecule has 9 nitrogen and oxygen atoms in total. The highest BCUT2D eigenvalue weighted by Gasteiger charge is 2.21. The molecule has 0 aromatic carbocycles. The van der Waals surface area contributed by atoms with Crippen molar-refractivity contribution in [3.63, 3.8) is 0 Å². The highest BCUT2D eigenvalue weighted by molar-refractivity contribution is 7.45. The second kappa shape index (κ2) is 31.9. The number of likely N-dealkylation sites (N-methyl/N-ethyl adjacent to an activating group) is 1. The van der Waals surface area contributed by atoms with Crippen LogP contribution in [0.25, 0.3) is 0 Å². The monoisotopic (exact) mass is 711 g/mol. The van der Waals surface area contributed by atoms with Gasteiger partial charge in [0.05, 0.1) is 27.7 Å². The fraction of sp³-hybridized carbons (Fsp3) is 0.744. The standard InChI is InChI=1S/C39H70NO8P/c1-6-8-10-12-14-16-17-18-19-20-21-22-23-24-26-27-29-31-38(41)45-35-37(36-47-49(43,44)46-34-33-40(3,4)5)48-39(42)32-30-28-25-15-13-11-9-7-2/h14,16,18-19,21-22,24,26,37H,6-13,15,17,20,23,25,27-36H2,1-5H3/b16-14+,19-18+,22-21+,26-24+/t37-/m0/s1. The maximum absolute atomic E-state index is 12.5. The molecule has 0 aliphatic rings. The van der Waals surface area contributed by atoms with Gasteiger partial charge < -0.3 is 27.9 Å². The van der Waals surface area contributed by atoms with Crippen LogP contribution in [0.5, 0.6) is 0 Å². The van der Waals surface area contributed by atoms with Gasteiger partial charge >= 0.3 is 11.9 Å². The van der Waals surface area contributed by atoms with E-state index in [1.807, 2.05) is 27.2 Å². The lowest BCUT2D eigenvalue weighted by Gasteiger charge is -2.28. The van der Waals surface area contributed by atoms with Crippen molar-refractivity contribution in [2.24, 2.45) is 0 Å². The van der Waals surface area contributed by atoms with E-state index in [0.29, 0.717) is 23.9 Å². The van der Waals surface area contributed by atoms with Crippen LogP contribution in [-0.4, -0.2) is 70.0 Å². The number of allylic oxidation sites excluding steroid dienone is 8. The zero-order chi connectivity index (χ0) is 36.5. The Bertz CT molecular complexity index is 986. The van der Waals surface area contributed by atoms with Crippen LogP contribution >= 0.6 is 7.82 Å². The lowest BCUT2D eigenvalue weighted by Crippen LogP contribution is -2.37. The summed E-state index contributed by atoms with van der Waals surface area (Å²) in [7, 11) is 1.13. The van der Waals surface area contributed by atoms with Crippen LogP contribution in [0, 0.1) is 0 Å². The van der Waals surface area contributed by atoms with E-state index in [0.717, 1.165) is 44.9 Å². The molecule has 2 atom stereocenters. The van der Waals surface area contributed by atoms with E-state index in [4.69, 9.17) is 18.5 Å². The second-order valence-corrected chi connectivity index (χ2v) is 15.0. The van der Waals surface area contributed by atoms with Crippen molar-refractivity contribution >= 4 is 19.8 Å². The predicted octanol–water partition coefficient (Wildman–Crippen LogP) is 9.33. The smallest absolute Gasteiger partial charge is 0.306 e. The van der Waals surface area contributed by atoms with Crippen LogP contribution in [-0.2, 0) is 32.7 Å². The molecule has 0 aromatic rings. The summed E-state index contributed by atoms with van der Waals surface area (Å²) in [6.07, 6.45) is 34.4. The fourth-order valence-electron chi connectivity index (χ4n) is 4.59. The summed E-state index contributed by atoms with van der Waals surface area (Å²) >= 11 is 0. The molecule has 0 amide bonds. The lowest BCUT2D eigenvalue weighted by molar-refractivity contribution is -0.870. The number of unbranched alkanes of at least 4 members (excludes halogenated alkanes) is 11. The average molecular weight is 712 g/mol. The predicted molar refractivity (Wildman–Crippen MR) is 199 cm³/mol. The molecule has 0 radical (unpaired) electrons. The molecule has 49 heavy (non-hydrogen) atoms. The first kappa shape index (κ1) is 47.0. The number of carbonyl (C=O) groups excluding carboxylic acids is 2. The minimum atomic E-state index is -4.62. The molecule has 0 saturated heterocycles. The minimum absolute atomic E-state index is 0.0401. The number of hydrogen-bond donors (Lipinski definition) is 0. The molecule has 0 rings (SSSR count). The van der Waals surface area contributed by atoms with Gasteiger partial charge in [0.15, 0.2) is 6.10 Å². The van der Waals surface area contributed by atoms with Crippen molar-refractivity contribution in [1.29, 1.82) is 0 Å². The van der Waals surface area contributed by atoms with Crippen LogP contribution < -0.4 is 4.89 Å². The Labute approximate surface area is 299 Å². The zero-order valence-electron chi connectivity index (χ0n) is 31.6. The van der Waals surface area contributed by atoms with E-state index < -0.39 is 32.5 Å². The van der Waals surface area contributed by atoms with Gasteiger partial charge in [-0.25, -0.2) is 0 Å². The molecule has 0 spiro atoms. The third-order valence-electron chi connectivity index (χ3n) is 7.60. The molecule has 0 fully saturated rings. The van der Waals surface area contributed by atoms with Crippen LogP contribution in [0.15, 0.2) is 48.6 Å². The Morgan fingerprint density at radius 3 is 1.69 bits per heavy atom. The van der Waals surface area contributed by atoms with E-state index in [2.05, 4.69) is 56.4 Å². The Kier molecular flexibility index (Phi) is 30.6. The van der Waals surface area contributed by atoms with Gasteiger partial charge in [0.25, 0.3) is 7.82 Å². The first-order chi connectivity index (χ1) is 23.5. The first-order valence-electron chi connectivity index (χ1n) is 18.8. The molecule has 0 bridgehead atoms. The Morgan fingerprint density at radius 1 is 0.633 bits per heavy atom. The first-order valence-corrected chi connectivity index (χ1v) is 20.3. The van der Waals surface area contributed by atoms with Gasteiger partial charge in [0, 0.05) is 12.8 Å². The molecule has 1 unspecified atom stereocenters. The van der Waals surface area contributed by atoms with Crippen LogP contribution in [0.4, 0.5) is 0 Å². The topological polar surface area (TPSA) is 111 Å². The van der Waals surface area contributed by atoms with Crippen molar-refractivity contribution in [1.82, 2.24) is 0 Å². The number of ether oxygens (including phenoxy) is 2. The molecule has 0 saturated carbocycles. The van der Waals surface area contributed by atoms with Gasteiger partial charge in [0.2, 0.25) is 0 Å². The maximum atomic E-state index is 12.5. The third kappa shape index (κ3) is 35.6. The number of nitrogens with zero attached hydrogens (tertiary/aromatic N) is 1. The van der Waals surface area contributed by atoms with E-state index in [-0.39, 0.29) is 26.1 Å². The van der Waals surface area contributed by atoms with Crippen molar-refractivity contribution < 1.29 is 42.1 Å². The summed E-state index contributed by atoms with van der Waals surface area (Å²) in [6, 6.07) is 0. The van der Waals surface area contributed by atoms with Gasteiger partial charge in [-0.1, -0.05) is 120 Å². The summed E-state index contributed by atoms with van der Waals surface area (Å²) in [5.41, 5.74) is 0. The summed E-state index contributed by atoms with van der Waals surface area (Å²) in [6.45, 7) is 4.07. The number of hydrogen-bond acceptors (Lipinski definition) is 8. The summed E-state index contributed by atoms with van der Waals surface area (Å²) in [5.74, 6) is -0.910. The lowest BCUT2D eigenvalue weighted by atomic mass is 10.1. The number of carbonyl (C=O) groups is 2.